The molecule has 0 amide bonds. The number of carbonyl (C=O) groups excluding carboxylic acids is 1. The van der Waals surface area contributed by atoms with Gasteiger partial charge in [0.15, 0.2) is 0 Å². The molecule has 0 bridgehead atoms. The molecule has 0 fully saturated rings. The number of hydrogen-bond acceptors (Lipinski definition) is 3. The molecule has 0 saturated heterocycles. The van der Waals surface area contributed by atoms with Gasteiger partial charge >= 0.3 is 5.97 Å². The third kappa shape index (κ3) is 5.70. The monoisotopic (exact) mass is 306 g/mol. The van der Waals surface area contributed by atoms with Gasteiger partial charge in [0.1, 0.15) is 5.75 Å². The minimum absolute atomic E-state index is 0.0195. The summed E-state index contributed by atoms with van der Waals surface area (Å²) in [7, 11) is 0. The maximum Gasteiger partial charge on any atom is 0.310 e. The molecule has 1 aromatic rings. The molecular formula is C19H30O3. The van der Waals surface area contributed by atoms with Crippen LogP contribution in [0.1, 0.15) is 64.2 Å². The molecule has 1 N–H and O–H groups in total. The summed E-state index contributed by atoms with van der Waals surface area (Å²) in [5, 5.41) is 10.2. The van der Waals surface area contributed by atoms with Gasteiger partial charge in [0.2, 0.25) is 0 Å². The average Bonchev–Trinajstić information content (AvgIpc) is 2.38. The Morgan fingerprint density at radius 3 is 2.45 bits per heavy atom. The first-order chi connectivity index (χ1) is 10.1. The first-order valence-corrected chi connectivity index (χ1v) is 8.10. The second-order valence-electron chi connectivity index (χ2n) is 7.48. The number of esters is 1. The fourth-order valence-corrected chi connectivity index (χ4v) is 2.30. The van der Waals surface area contributed by atoms with E-state index in [0.717, 1.165) is 24.0 Å². The van der Waals surface area contributed by atoms with E-state index in [-0.39, 0.29) is 23.6 Å². The highest BCUT2D eigenvalue weighted by Crippen LogP contribution is 2.31. The zero-order chi connectivity index (χ0) is 16.9. The molecule has 0 spiro atoms. The highest BCUT2D eigenvalue weighted by molar-refractivity contribution is 5.74. The van der Waals surface area contributed by atoms with Crippen LogP contribution in [0.15, 0.2) is 12.1 Å². The van der Waals surface area contributed by atoms with Gasteiger partial charge in [-0.3, -0.25) is 4.79 Å². The van der Waals surface area contributed by atoms with Crippen LogP contribution in [-0.4, -0.2) is 17.7 Å². The van der Waals surface area contributed by atoms with Crippen molar-refractivity contribution in [3.05, 3.63) is 28.8 Å². The van der Waals surface area contributed by atoms with Crippen LogP contribution in [0.25, 0.3) is 0 Å². The molecule has 22 heavy (non-hydrogen) atoms. The molecule has 1 rings (SSSR count). The Hall–Kier alpha value is -1.51. The predicted octanol–water partition coefficient (Wildman–Crippen LogP) is 4.52. The smallest absolute Gasteiger partial charge is 0.310 e. The number of carbonyl (C=O) groups is 1. The van der Waals surface area contributed by atoms with Crippen LogP contribution in [-0.2, 0) is 21.4 Å². The zero-order valence-electron chi connectivity index (χ0n) is 14.8. The molecule has 0 unspecified atom stereocenters. The molecule has 0 aliphatic rings. The number of phenolic OH excluding ortho intramolecular Hbond substituents is 1. The van der Waals surface area contributed by atoms with Crippen molar-refractivity contribution >= 4 is 5.97 Å². The van der Waals surface area contributed by atoms with E-state index in [4.69, 9.17) is 4.74 Å². The zero-order valence-corrected chi connectivity index (χ0v) is 14.8. The van der Waals surface area contributed by atoms with Crippen molar-refractivity contribution in [1.29, 1.82) is 0 Å². The molecule has 0 radical (unpaired) electrons. The normalized spacial score (nSPS) is 11.8. The topological polar surface area (TPSA) is 46.5 Å². The number of hydrogen-bond donors (Lipinski definition) is 1. The van der Waals surface area contributed by atoms with Crippen LogP contribution in [0.4, 0.5) is 0 Å². The summed E-state index contributed by atoms with van der Waals surface area (Å²) < 4.78 is 5.27. The predicted molar refractivity (Wildman–Crippen MR) is 90.3 cm³/mol. The molecular weight excluding hydrogens is 276 g/mol. The first-order valence-electron chi connectivity index (χ1n) is 8.10. The van der Waals surface area contributed by atoms with E-state index in [1.807, 2.05) is 19.1 Å². The van der Waals surface area contributed by atoms with E-state index in [1.54, 1.807) is 0 Å². The lowest BCUT2D eigenvalue weighted by atomic mass is 9.84. The Morgan fingerprint density at radius 2 is 1.91 bits per heavy atom. The van der Waals surface area contributed by atoms with Crippen LogP contribution in [0.2, 0.25) is 0 Å². The van der Waals surface area contributed by atoms with Gasteiger partial charge in [-0.25, -0.2) is 0 Å². The number of benzene rings is 1. The molecule has 1 aromatic carbocycles. The van der Waals surface area contributed by atoms with Gasteiger partial charge in [0.25, 0.3) is 0 Å². The minimum atomic E-state index is -0.274. The maximum atomic E-state index is 11.9. The van der Waals surface area contributed by atoms with E-state index in [2.05, 4.69) is 34.6 Å². The summed E-state index contributed by atoms with van der Waals surface area (Å²) in [6.45, 7) is 13.0. The van der Waals surface area contributed by atoms with Crippen molar-refractivity contribution in [3.8, 4) is 5.75 Å². The van der Waals surface area contributed by atoms with E-state index in [1.165, 1.54) is 0 Å². The molecule has 124 valence electrons. The fourth-order valence-electron chi connectivity index (χ4n) is 2.30. The SMILES string of the molecule is Cc1cc(C(C)(C)C)cc(CC(=O)OCCCC(C)C)c1O. The Bertz CT molecular complexity index is 510. The summed E-state index contributed by atoms with van der Waals surface area (Å²) >= 11 is 0. The average molecular weight is 306 g/mol. The van der Waals surface area contributed by atoms with Gasteiger partial charge in [0.05, 0.1) is 13.0 Å². The van der Waals surface area contributed by atoms with Crippen LogP contribution in [0.5, 0.6) is 5.75 Å². The fraction of sp³-hybridized carbons (Fsp3) is 0.632. The lowest BCUT2D eigenvalue weighted by Crippen LogP contribution is -2.14. The Balaban J connectivity index is 2.72. The number of rotatable bonds is 6. The molecule has 0 atom stereocenters. The van der Waals surface area contributed by atoms with E-state index in [0.29, 0.717) is 18.1 Å². The molecule has 3 nitrogen and oxygen atoms in total. The third-order valence-electron chi connectivity index (χ3n) is 3.77. The van der Waals surface area contributed by atoms with Gasteiger partial charge in [-0.05, 0) is 42.2 Å². The Morgan fingerprint density at radius 1 is 1.27 bits per heavy atom. The second-order valence-corrected chi connectivity index (χ2v) is 7.48. The van der Waals surface area contributed by atoms with Crippen LogP contribution in [0, 0.1) is 12.8 Å². The Kier molecular flexibility index (Phi) is 6.46. The van der Waals surface area contributed by atoms with E-state index < -0.39 is 0 Å². The van der Waals surface area contributed by atoms with Crippen LogP contribution < -0.4 is 0 Å². The minimum Gasteiger partial charge on any atom is -0.507 e. The van der Waals surface area contributed by atoms with Gasteiger partial charge < -0.3 is 9.84 Å². The summed E-state index contributed by atoms with van der Waals surface area (Å²) in [4.78, 5) is 11.9. The lowest BCUT2D eigenvalue weighted by molar-refractivity contribution is -0.143. The van der Waals surface area contributed by atoms with Gasteiger partial charge in [0, 0.05) is 5.56 Å². The standard InChI is InChI=1S/C19H30O3/c1-13(2)8-7-9-22-17(20)12-15-11-16(19(4,5)6)10-14(3)18(15)21/h10-11,13,21H,7-9,12H2,1-6H3. The van der Waals surface area contributed by atoms with Crippen LogP contribution in [0.3, 0.4) is 0 Å². The van der Waals surface area contributed by atoms with E-state index in [9.17, 15) is 9.90 Å². The quantitative estimate of drug-likeness (QED) is 0.621. The largest absolute Gasteiger partial charge is 0.507 e. The number of aromatic hydroxyl groups is 1. The van der Waals surface area contributed by atoms with Gasteiger partial charge in [-0.1, -0.05) is 46.8 Å². The number of aryl methyl sites for hydroxylation is 1. The lowest BCUT2D eigenvalue weighted by Gasteiger charge is -2.21. The van der Waals surface area contributed by atoms with Crippen molar-refractivity contribution in [2.45, 2.75) is 66.2 Å². The number of ether oxygens (including phenoxy) is 1. The molecule has 0 aliphatic heterocycles. The van der Waals surface area contributed by atoms with Gasteiger partial charge in [-0.15, -0.1) is 0 Å². The summed E-state index contributed by atoms with van der Waals surface area (Å²) in [6.07, 6.45) is 2.06. The van der Waals surface area contributed by atoms with Crippen molar-refractivity contribution in [2.24, 2.45) is 5.92 Å². The van der Waals surface area contributed by atoms with Crippen molar-refractivity contribution in [2.75, 3.05) is 6.61 Å². The maximum absolute atomic E-state index is 11.9. The Labute approximate surface area is 134 Å². The molecule has 0 saturated carbocycles. The van der Waals surface area contributed by atoms with Crippen molar-refractivity contribution in [1.82, 2.24) is 0 Å². The summed E-state index contributed by atoms with van der Waals surface area (Å²) in [6, 6.07) is 3.89. The van der Waals surface area contributed by atoms with E-state index >= 15 is 0 Å². The molecule has 0 heterocycles. The van der Waals surface area contributed by atoms with Gasteiger partial charge in [-0.2, -0.15) is 0 Å². The first kappa shape index (κ1) is 18.5. The second kappa shape index (κ2) is 7.66. The highest BCUT2D eigenvalue weighted by Gasteiger charge is 2.19. The summed E-state index contributed by atoms with van der Waals surface area (Å²) in [5.74, 6) is 0.547. The molecule has 0 aromatic heterocycles. The highest BCUT2D eigenvalue weighted by atomic mass is 16.5. The van der Waals surface area contributed by atoms with Crippen LogP contribution >= 0.6 is 0 Å². The van der Waals surface area contributed by atoms with Crippen molar-refractivity contribution in [3.63, 3.8) is 0 Å². The molecule has 0 aliphatic carbocycles. The third-order valence-corrected chi connectivity index (χ3v) is 3.77. The molecule has 3 heteroatoms. The number of phenols is 1. The van der Waals surface area contributed by atoms with Crippen molar-refractivity contribution < 1.29 is 14.6 Å². The summed E-state index contributed by atoms with van der Waals surface area (Å²) in [5.41, 5.74) is 2.55.